The third-order valence-corrected chi connectivity index (χ3v) is 3.14. The first-order valence-corrected chi connectivity index (χ1v) is 6.45. The fourth-order valence-corrected chi connectivity index (χ4v) is 2.13. The van der Waals surface area contributed by atoms with Gasteiger partial charge in [0.05, 0.1) is 17.4 Å². The van der Waals surface area contributed by atoms with Gasteiger partial charge in [0.2, 0.25) is 5.91 Å². The topological polar surface area (TPSA) is 102 Å². The predicted octanol–water partition coefficient (Wildman–Crippen LogP) is 2.20. The Morgan fingerprint density at radius 1 is 1.50 bits per heavy atom. The Morgan fingerprint density at radius 2 is 2.30 bits per heavy atom. The molecule has 2 rings (SSSR count). The van der Waals surface area contributed by atoms with Crippen LogP contribution in [0.2, 0.25) is 0 Å². The van der Waals surface area contributed by atoms with Crippen LogP contribution in [0.15, 0.2) is 18.2 Å². The predicted molar refractivity (Wildman–Crippen MR) is 71.6 cm³/mol. The summed E-state index contributed by atoms with van der Waals surface area (Å²) in [6.07, 6.45) is 3.05. The van der Waals surface area contributed by atoms with Crippen molar-refractivity contribution in [1.82, 2.24) is 0 Å². The molecular formula is C13H16N2O5. The van der Waals surface area contributed by atoms with Crippen molar-refractivity contribution in [2.24, 2.45) is 0 Å². The smallest absolute Gasteiger partial charge is 0.312 e. The number of anilines is 1. The van der Waals surface area contributed by atoms with E-state index >= 15 is 0 Å². The van der Waals surface area contributed by atoms with E-state index in [1.807, 2.05) is 0 Å². The van der Waals surface area contributed by atoms with Crippen molar-refractivity contribution in [3.05, 3.63) is 28.3 Å². The number of nitrogens with one attached hydrogen (secondary N) is 1. The SMILES string of the molecule is O=C(CC1CCCCO1)Nc1ccc(O)c([N+](=O)[O-])c1. The molecule has 108 valence electrons. The molecular weight excluding hydrogens is 264 g/mol. The maximum absolute atomic E-state index is 11.8. The zero-order valence-corrected chi connectivity index (χ0v) is 10.9. The van der Waals surface area contributed by atoms with Crippen LogP contribution in [-0.4, -0.2) is 28.6 Å². The van der Waals surface area contributed by atoms with Crippen LogP contribution in [0.5, 0.6) is 5.75 Å². The summed E-state index contributed by atoms with van der Waals surface area (Å²) in [6.45, 7) is 0.669. The van der Waals surface area contributed by atoms with Crippen LogP contribution in [0.25, 0.3) is 0 Å². The van der Waals surface area contributed by atoms with E-state index in [9.17, 15) is 20.0 Å². The van der Waals surface area contributed by atoms with E-state index < -0.39 is 16.4 Å². The number of amides is 1. The molecule has 0 spiro atoms. The normalized spacial score (nSPS) is 18.5. The second kappa shape index (κ2) is 6.33. The van der Waals surface area contributed by atoms with Crippen molar-refractivity contribution in [3.63, 3.8) is 0 Å². The number of nitro benzene ring substituents is 1. The molecule has 1 fully saturated rings. The maximum atomic E-state index is 11.8. The Hall–Kier alpha value is -2.15. The summed E-state index contributed by atoms with van der Waals surface area (Å²) in [7, 11) is 0. The van der Waals surface area contributed by atoms with E-state index in [2.05, 4.69) is 5.32 Å². The van der Waals surface area contributed by atoms with Crippen LogP contribution in [-0.2, 0) is 9.53 Å². The molecule has 1 saturated heterocycles. The van der Waals surface area contributed by atoms with Gasteiger partial charge in [-0.2, -0.15) is 0 Å². The monoisotopic (exact) mass is 280 g/mol. The summed E-state index contributed by atoms with van der Waals surface area (Å²) >= 11 is 0. The Morgan fingerprint density at radius 3 is 2.95 bits per heavy atom. The Labute approximate surface area is 115 Å². The molecule has 0 radical (unpaired) electrons. The molecule has 1 aliphatic heterocycles. The molecule has 2 N–H and O–H groups in total. The molecule has 20 heavy (non-hydrogen) atoms. The number of ether oxygens (including phenoxy) is 1. The van der Waals surface area contributed by atoms with Crippen molar-refractivity contribution in [3.8, 4) is 5.75 Å². The van der Waals surface area contributed by atoms with Crippen LogP contribution in [0, 0.1) is 10.1 Å². The lowest BCUT2D eigenvalue weighted by Gasteiger charge is -2.21. The number of benzene rings is 1. The molecule has 0 saturated carbocycles. The van der Waals surface area contributed by atoms with E-state index in [0.717, 1.165) is 25.3 Å². The molecule has 7 heteroatoms. The van der Waals surface area contributed by atoms with E-state index in [1.54, 1.807) is 0 Å². The summed E-state index contributed by atoms with van der Waals surface area (Å²) in [4.78, 5) is 21.8. The molecule has 1 aliphatic rings. The highest BCUT2D eigenvalue weighted by atomic mass is 16.6. The van der Waals surface area contributed by atoms with E-state index in [-0.39, 0.29) is 24.1 Å². The van der Waals surface area contributed by atoms with Gasteiger partial charge in [0.15, 0.2) is 5.75 Å². The molecule has 1 heterocycles. The minimum atomic E-state index is -0.699. The summed E-state index contributed by atoms with van der Waals surface area (Å²) in [6, 6.07) is 3.74. The number of phenolic OH excluding ortho intramolecular Hbond substituents is 1. The average Bonchev–Trinajstić information content (AvgIpc) is 2.41. The Kier molecular flexibility index (Phi) is 4.52. The Bertz CT molecular complexity index is 511. The van der Waals surface area contributed by atoms with Gasteiger partial charge >= 0.3 is 5.69 Å². The second-order valence-electron chi connectivity index (χ2n) is 4.70. The minimum absolute atomic E-state index is 0.0872. The number of nitrogens with zero attached hydrogens (tertiary/aromatic N) is 1. The van der Waals surface area contributed by atoms with Crippen molar-refractivity contribution < 1.29 is 19.6 Å². The standard InChI is InChI=1S/C13H16N2O5/c16-12-5-4-9(7-11(12)15(18)19)14-13(17)8-10-3-1-2-6-20-10/h4-5,7,10,16H,1-3,6,8H2,(H,14,17). The number of nitro groups is 1. The highest BCUT2D eigenvalue weighted by Crippen LogP contribution is 2.28. The molecule has 0 bridgehead atoms. The number of rotatable bonds is 4. The number of hydrogen-bond acceptors (Lipinski definition) is 5. The second-order valence-corrected chi connectivity index (χ2v) is 4.70. The number of phenols is 1. The first kappa shape index (κ1) is 14.3. The van der Waals surface area contributed by atoms with Gasteiger partial charge in [-0.3, -0.25) is 14.9 Å². The van der Waals surface area contributed by atoms with E-state index in [0.29, 0.717) is 6.61 Å². The van der Waals surface area contributed by atoms with Gasteiger partial charge in [-0.25, -0.2) is 0 Å². The lowest BCUT2D eigenvalue weighted by atomic mass is 10.1. The first-order chi connectivity index (χ1) is 9.56. The highest BCUT2D eigenvalue weighted by molar-refractivity contribution is 5.91. The van der Waals surface area contributed by atoms with Crippen LogP contribution in [0.1, 0.15) is 25.7 Å². The molecule has 7 nitrogen and oxygen atoms in total. The number of aromatic hydroxyl groups is 1. The average molecular weight is 280 g/mol. The summed E-state index contributed by atoms with van der Waals surface area (Å²) in [5.74, 6) is -0.680. The zero-order chi connectivity index (χ0) is 14.5. The first-order valence-electron chi connectivity index (χ1n) is 6.45. The molecule has 1 amide bonds. The molecule has 0 aliphatic carbocycles. The highest BCUT2D eigenvalue weighted by Gasteiger charge is 2.19. The van der Waals surface area contributed by atoms with Gasteiger partial charge in [0.1, 0.15) is 0 Å². The van der Waals surface area contributed by atoms with Crippen LogP contribution in [0.4, 0.5) is 11.4 Å². The lowest BCUT2D eigenvalue weighted by molar-refractivity contribution is -0.385. The van der Waals surface area contributed by atoms with Crippen LogP contribution in [0.3, 0.4) is 0 Å². The number of carbonyl (C=O) groups is 1. The van der Waals surface area contributed by atoms with Gasteiger partial charge in [0, 0.05) is 18.4 Å². The van der Waals surface area contributed by atoms with Gasteiger partial charge in [-0.15, -0.1) is 0 Å². The third-order valence-electron chi connectivity index (χ3n) is 3.14. The number of carbonyl (C=O) groups excluding carboxylic acids is 1. The van der Waals surface area contributed by atoms with E-state index in [1.165, 1.54) is 12.1 Å². The van der Waals surface area contributed by atoms with Crippen molar-refractivity contribution in [1.29, 1.82) is 0 Å². The van der Waals surface area contributed by atoms with Crippen molar-refractivity contribution >= 4 is 17.3 Å². The summed E-state index contributed by atoms with van der Waals surface area (Å²) in [5.41, 5.74) is -0.146. The van der Waals surface area contributed by atoms with Crippen molar-refractivity contribution in [2.75, 3.05) is 11.9 Å². The fourth-order valence-electron chi connectivity index (χ4n) is 2.13. The molecule has 1 atom stereocenters. The minimum Gasteiger partial charge on any atom is -0.502 e. The fraction of sp³-hybridized carbons (Fsp3) is 0.462. The molecule has 1 unspecified atom stereocenters. The van der Waals surface area contributed by atoms with Gasteiger partial charge < -0.3 is 15.2 Å². The quantitative estimate of drug-likeness (QED) is 0.500. The molecule has 1 aromatic rings. The summed E-state index contributed by atoms with van der Waals surface area (Å²) < 4.78 is 5.46. The maximum Gasteiger partial charge on any atom is 0.312 e. The summed E-state index contributed by atoms with van der Waals surface area (Å²) in [5, 5.41) is 22.6. The largest absolute Gasteiger partial charge is 0.502 e. The Balaban J connectivity index is 1.96. The van der Waals surface area contributed by atoms with Crippen LogP contribution >= 0.6 is 0 Å². The van der Waals surface area contributed by atoms with Crippen LogP contribution < -0.4 is 5.32 Å². The lowest BCUT2D eigenvalue weighted by Crippen LogP contribution is -2.25. The third kappa shape index (κ3) is 3.67. The van der Waals surface area contributed by atoms with Gasteiger partial charge in [-0.1, -0.05) is 0 Å². The number of hydrogen-bond donors (Lipinski definition) is 2. The van der Waals surface area contributed by atoms with Gasteiger partial charge in [0.25, 0.3) is 0 Å². The molecule has 1 aromatic carbocycles. The van der Waals surface area contributed by atoms with Gasteiger partial charge in [-0.05, 0) is 31.4 Å². The molecule has 0 aromatic heterocycles. The zero-order valence-electron chi connectivity index (χ0n) is 10.9. The van der Waals surface area contributed by atoms with Crippen molar-refractivity contribution in [2.45, 2.75) is 31.8 Å². The van der Waals surface area contributed by atoms with E-state index in [4.69, 9.17) is 4.74 Å².